The van der Waals surface area contributed by atoms with Gasteiger partial charge in [0.2, 0.25) is 9.84 Å². The molecule has 4 nitrogen and oxygen atoms in total. The molecule has 1 N–H and O–H groups in total. The largest absolute Gasteiger partial charge is 0.360 e. The van der Waals surface area contributed by atoms with Crippen LogP contribution < -0.4 is 5.32 Å². The first kappa shape index (κ1) is 15.7. The summed E-state index contributed by atoms with van der Waals surface area (Å²) in [5.41, 5.74) is 1.68. The molecule has 0 heterocycles. The summed E-state index contributed by atoms with van der Waals surface area (Å²) in [6.07, 6.45) is 1.06. The predicted molar refractivity (Wildman–Crippen MR) is 82.1 cm³/mol. The summed E-state index contributed by atoms with van der Waals surface area (Å²) in [6.45, 7) is 1.92. The third kappa shape index (κ3) is 3.32. The van der Waals surface area contributed by atoms with Crippen LogP contribution in [-0.4, -0.2) is 8.42 Å². The summed E-state index contributed by atoms with van der Waals surface area (Å²) in [5.74, 6) is -0.890. The maximum absolute atomic E-state index is 13.7. The Labute approximate surface area is 128 Å². The van der Waals surface area contributed by atoms with E-state index < -0.39 is 25.5 Å². The molecule has 0 fully saturated rings. The number of nitrogens with zero attached hydrogens (tertiary/aromatic N) is 1. The molecule has 0 spiro atoms. The lowest BCUT2D eigenvalue weighted by atomic mass is 10.2. The van der Waals surface area contributed by atoms with Gasteiger partial charge in [0.05, 0.1) is 0 Å². The average molecular weight is 316 g/mol. The molecule has 0 saturated carbocycles. The van der Waals surface area contributed by atoms with Crippen LogP contribution >= 0.6 is 0 Å². The summed E-state index contributed by atoms with van der Waals surface area (Å²) in [7, 11) is -4.20. The minimum absolute atomic E-state index is 0.520. The highest BCUT2D eigenvalue weighted by Crippen LogP contribution is 2.22. The number of nitrogens with one attached hydrogen (secondary N) is 1. The van der Waals surface area contributed by atoms with Crippen molar-refractivity contribution in [3.63, 3.8) is 0 Å². The van der Waals surface area contributed by atoms with E-state index in [1.165, 1.54) is 12.1 Å². The van der Waals surface area contributed by atoms with Crippen LogP contribution in [0.4, 0.5) is 10.1 Å². The number of sulfone groups is 1. The van der Waals surface area contributed by atoms with Gasteiger partial charge in [-0.25, -0.2) is 12.8 Å². The molecule has 2 rings (SSSR count). The molecular formula is C16H13FN2O2S. The van der Waals surface area contributed by atoms with Crippen molar-refractivity contribution >= 4 is 15.5 Å². The molecule has 0 atom stereocenters. The van der Waals surface area contributed by atoms with Crippen LogP contribution in [0.2, 0.25) is 0 Å². The minimum Gasteiger partial charge on any atom is -0.360 e. The molecule has 0 amide bonds. The van der Waals surface area contributed by atoms with Crippen LogP contribution in [0.1, 0.15) is 5.56 Å². The highest BCUT2D eigenvalue weighted by molar-refractivity contribution is 7.95. The van der Waals surface area contributed by atoms with E-state index >= 15 is 0 Å². The van der Waals surface area contributed by atoms with Crippen LogP contribution in [0.15, 0.2) is 64.5 Å². The van der Waals surface area contributed by atoms with Gasteiger partial charge < -0.3 is 5.32 Å². The molecule has 0 saturated heterocycles. The van der Waals surface area contributed by atoms with Crippen LogP contribution in [0, 0.1) is 24.1 Å². The van der Waals surface area contributed by atoms with E-state index in [1.54, 1.807) is 18.2 Å². The van der Waals surface area contributed by atoms with Gasteiger partial charge in [0.1, 0.15) is 16.8 Å². The lowest BCUT2D eigenvalue weighted by Crippen LogP contribution is -2.07. The highest BCUT2D eigenvalue weighted by Gasteiger charge is 2.24. The first-order valence-corrected chi connectivity index (χ1v) is 7.86. The highest BCUT2D eigenvalue weighted by atomic mass is 32.2. The van der Waals surface area contributed by atoms with Gasteiger partial charge in [0.15, 0.2) is 4.91 Å². The fourth-order valence-electron chi connectivity index (χ4n) is 1.75. The number of rotatable bonds is 4. The standard InChI is InChI=1S/C16H13FN2O2S/c1-12-6-8-13(9-7-12)19-11-14(10-18)22(20,21)16-5-3-2-4-15(16)17/h2-9,11,19H,1H3/b14-11+. The average Bonchev–Trinajstić information content (AvgIpc) is 2.49. The zero-order valence-electron chi connectivity index (χ0n) is 11.7. The molecule has 2 aromatic rings. The summed E-state index contributed by atoms with van der Waals surface area (Å²) >= 11 is 0. The van der Waals surface area contributed by atoms with Crippen molar-refractivity contribution in [2.75, 3.05) is 5.32 Å². The SMILES string of the molecule is Cc1ccc(N/C=C(\C#N)S(=O)(=O)c2ccccc2F)cc1. The van der Waals surface area contributed by atoms with Crippen molar-refractivity contribution in [2.45, 2.75) is 11.8 Å². The number of hydrogen-bond donors (Lipinski definition) is 1. The van der Waals surface area contributed by atoms with Gasteiger partial charge in [-0.15, -0.1) is 0 Å². The minimum atomic E-state index is -4.20. The second-order valence-corrected chi connectivity index (χ2v) is 6.45. The molecule has 0 unspecified atom stereocenters. The van der Waals surface area contributed by atoms with Crippen molar-refractivity contribution < 1.29 is 12.8 Å². The second kappa shape index (κ2) is 6.41. The summed E-state index contributed by atoms with van der Waals surface area (Å²) in [6, 6.07) is 13.7. The Kier molecular flexibility index (Phi) is 4.59. The lowest BCUT2D eigenvalue weighted by molar-refractivity contribution is 0.571. The second-order valence-electron chi connectivity index (χ2n) is 4.56. The van der Waals surface area contributed by atoms with Gasteiger partial charge in [-0.1, -0.05) is 29.8 Å². The molecule has 0 aliphatic rings. The summed E-state index contributed by atoms with van der Waals surface area (Å²) < 4.78 is 38.2. The number of benzene rings is 2. The fourth-order valence-corrected chi connectivity index (χ4v) is 2.90. The van der Waals surface area contributed by atoms with Crippen molar-refractivity contribution in [2.24, 2.45) is 0 Å². The Hall–Kier alpha value is -2.65. The number of hydrogen-bond acceptors (Lipinski definition) is 4. The first-order chi connectivity index (χ1) is 10.4. The Balaban J connectivity index is 2.35. The van der Waals surface area contributed by atoms with Crippen LogP contribution in [-0.2, 0) is 9.84 Å². The van der Waals surface area contributed by atoms with E-state index in [0.29, 0.717) is 5.69 Å². The van der Waals surface area contributed by atoms with Crippen molar-refractivity contribution in [1.82, 2.24) is 0 Å². The molecule has 2 aromatic carbocycles. The number of anilines is 1. The number of aryl methyl sites for hydroxylation is 1. The Morgan fingerprint density at radius 1 is 1.18 bits per heavy atom. The molecule has 0 aliphatic heterocycles. The zero-order chi connectivity index (χ0) is 16.2. The van der Waals surface area contributed by atoms with Gasteiger partial charge in [0, 0.05) is 11.9 Å². The van der Waals surface area contributed by atoms with Gasteiger partial charge >= 0.3 is 0 Å². The molecule has 22 heavy (non-hydrogen) atoms. The Morgan fingerprint density at radius 2 is 1.82 bits per heavy atom. The van der Waals surface area contributed by atoms with Crippen LogP contribution in [0.25, 0.3) is 0 Å². The van der Waals surface area contributed by atoms with Gasteiger partial charge in [-0.2, -0.15) is 5.26 Å². The van der Waals surface area contributed by atoms with Crippen molar-refractivity contribution in [3.05, 3.63) is 71.0 Å². The number of allylic oxidation sites excluding steroid dienone is 1. The molecule has 0 aromatic heterocycles. The topological polar surface area (TPSA) is 70.0 Å². The monoisotopic (exact) mass is 316 g/mol. The molecular weight excluding hydrogens is 303 g/mol. The van der Waals surface area contributed by atoms with Crippen LogP contribution in [0.5, 0.6) is 0 Å². The van der Waals surface area contributed by atoms with Crippen molar-refractivity contribution in [1.29, 1.82) is 5.26 Å². The predicted octanol–water partition coefficient (Wildman–Crippen LogP) is 3.38. The van der Waals surface area contributed by atoms with E-state index in [1.807, 2.05) is 19.1 Å². The molecule has 0 aliphatic carbocycles. The summed E-state index contributed by atoms with van der Waals surface area (Å²) in [5, 5.41) is 11.8. The molecule has 0 bridgehead atoms. The smallest absolute Gasteiger partial charge is 0.220 e. The summed E-state index contributed by atoms with van der Waals surface area (Å²) in [4.78, 5) is -1.08. The zero-order valence-corrected chi connectivity index (χ0v) is 12.6. The van der Waals surface area contributed by atoms with E-state index in [0.717, 1.165) is 23.9 Å². The van der Waals surface area contributed by atoms with E-state index in [-0.39, 0.29) is 0 Å². The Bertz CT molecular complexity index is 850. The van der Waals surface area contributed by atoms with E-state index in [2.05, 4.69) is 5.32 Å². The quantitative estimate of drug-likeness (QED) is 0.878. The van der Waals surface area contributed by atoms with Gasteiger partial charge in [-0.05, 0) is 31.2 Å². The van der Waals surface area contributed by atoms with Gasteiger partial charge in [-0.3, -0.25) is 0 Å². The van der Waals surface area contributed by atoms with Gasteiger partial charge in [0.25, 0.3) is 0 Å². The van der Waals surface area contributed by atoms with E-state index in [4.69, 9.17) is 5.26 Å². The van der Waals surface area contributed by atoms with E-state index in [9.17, 15) is 12.8 Å². The fraction of sp³-hybridized carbons (Fsp3) is 0.0625. The first-order valence-electron chi connectivity index (χ1n) is 6.38. The maximum Gasteiger partial charge on any atom is 0.220 e. The normalized spacial score (nSPS) is 11.8. The third-order valence-corrected chi connectivity index (χ3v) is 4.65. The Morgan fingerprint density at radius 3 is 2.41 bits per heavy atom. The number of halogens is 1. The molecule has 112 valence electrons. The third-order valence-electron chi connectivity index (χ3n) is 2.95. The molecule has 0 radical (unpaired) electrons. The van der Waals surface area contributed by atoms with Crippen molar-refractivity contribution in [3.8, 4) is 6.07 Å². The van der Waals surface area contributed by atoms with Crippen LogP contribution in [0.3, 0.4) is 0 Å². The lowest BCUT2D eigenvalue weighted by Gasteiger charge is -2.05. The number of nitriles is 1. The molecule has 6 heteroatoms. The maximum atomic E-state index is 13.7.